The number of aromatic nitrogens is 1. The number of aliphatic hydroxyl groups is 1. The lowest BCUT2D eigenvalue weighted by Gasteiger charge is -2.11. The zero-order valence-corrected chi connectivity index (χ0v) is 11.4. The molecule has 0 fully saturated rings. The van der Waals surface area contributed by atoms with E-state index in [0.29, 0.717) is 6.54 Å². The summed E-state index contributed by atoms with van der Waals surface area (Å²) in [5.41, 5.74) is 2.93. The van der Waals surface area contributed by atoms with Crippen LogP contribution in [-0.4, -0.2) is 33.8 Å². The van der Waals surface area contributed by atoms with Gasteiger partial charge in [-0.05, 0) is 25.0 Å². The lowest BCUT2D eigenvalue weighted by atomic mass is 10.1. The number of hydrogen-bond acceptors (Lipinski definition) is 4. The van der Waals surface area contributed by atoms with Gasteiger partial charge in [-0.3, -0.25) is 15.1 Å². The molecule has 0 saturated carbocycles. The van der Waals surface area contributed by atoms with Gasteiger partial charge < -0.3 is 10.2 Å². The maximum absolute atomic E-state index is 10.6. The van der Waals surface area contributed by atoms with Crippen LogP contribution in [0.4, 0.5) is 0 Å². The van der Waals surface area contributed by atoms with E-state index in [1.807, 2.05) is 33.8 Å². The maximum atomic E-state index is 10.6. The minimum absolute atomic E-state index is 0.381. The standard InChI is InChI=1S/C11H16N2O3.C2H6/c1-7-3-9(4-12-8(7)2)5-13-10(6-14)11(15)16;1-2/h3-4,10,13-14H,5-6H2,1-2H3,(H,15,16);1-2H3. The van der Waals surface area contributed by atoms with Crippen molar-refractivity contribution >= 4 is 5.97 Å². The molecule has 0 aliphatic heterocycles. The first-order chi connectivity index (χ1) is 8.54. The SMILES string of the molecule is CC.Cc1cc(CNC(CO)C(=O)O)cnc1C. The van der Waals surface area contributed by atoms with Crippen molar-refractivity contribution < 1.29 is 15.0 Å². The normalized spacial score (nSPS) is 11.4. The number of hydrogen-bond donors (Lipinski definition) is 3. The van der Waals surface area contributed by atoms with Crippen LogP contribution in [0.15, 0.2) is 12.3 Å². The topological polar surface area (TPSA) is 82.5 Å². The molecule has 1 unspecified atom stereocenters. The van der Waals surface area contributed by atoms with E-state index in [-0.39, 0.29) is 0 Å². The van der Waals surface area contributed by atoms with Crippen LogP contribution >= 0.6 is 0 Å². The molecule has 0 aromatic carbocycles. The molecule has 102 valence electrons. The number of carboxylic acid groups (broad SMARTS) is 1. The van der Waals surface area contributed by atoms with Crippen LogP contribution in [-0.2, 0) is 11.3 Å². The molecule has 1 aromatic rings. The zero-order valence-electron chi connectivity index (χ0n) is 11.4. The van der Waals surface area contributed by atoms with Crippen LogP contribution in [0.5, 0.6) is 0 Å². The number of carbonyl (C=O) groups is 1. The van der Waals surface area contributed by atoms with E-state index >= 15 is 0 Å². The number of pyridine rings is 1. The molecular weight excluding hydrogens is 232 g/mol. The van der Waals surface area contributed by atoms with E-state index in [1.165, 1.54) is 0 Å². The molecule has 18 heavy (non-hydrogen) atoms. The summed E-state index contributed by atoms with van der Waals surface area (Å²) in [4.78, 5) is 14.8. The fraction of sp³-hybridized carbons (Fsp3) is 0.538. The van der Waals surface area contributed by atoms with Crippen molar-refractivity contribution in [3.8, 4) is 0 Å². The number of nitrogens with one attached hydrogen (secondary N) is 1. The van der Waals surface area contributed by atoms with E-state index < -0.39 is 18.6 Å². The smallest absolute Gasteiger partial charge is 0.323 e. The van der Waals surface area contributed by atoms with E-state index in [1.54, 1.807) is 6.20 Å². The second kappa shape index (κ2) is 8.60. The first-order valence-corrected chi connectivity index (χ1v) is 6.03. The molecule has 3 N–H and O–H groups in total. The number of rotatable bonds is 5. The van der Waals surface area contributed by atoms with Gasteiger partial charge in [-0.25, -0.2) is 0 Å². The summed E-state index contributed by atoms with van der Waals surface area (Å²) in [5, 5.41) is 20.3. The summed E-state index contributed by atoms with van der Waals surface area (Å²) < 4.78 is 0. The van der Waals surface area contributed by atoms with Crippen LogP contribution in [0.2, 0.25) is 0 Å². The second-order valence-corrected chi connectivity index (χ2v) is 3.70. The van der Waals surface area contributed by atoms with Crippen molar-refractivity contribution in [2.75, 3.05) is 6.61 Å². The van der Waals surface area contributed by atoms with E-state index in [4.69, 9.17) is 10.2 Å². The van der Waals surface area contributed by atoms with Gasteiger partial charge >= 0.3 is 5.97 Å². The van der Waals surface area contributed by atoms with Crippen molar-refractivity contribution in [1.29, 1.82) is 0 Å². The minimum Gasteiger partial charge on any atom is -0.480 e. The van der Waals surface area contributed by atoms with E-state index in [2.05, 4.69) is 10.3 Å². The molecule has 0 saturated heterocycles. The third kappa shape index (κ3) is 5.25. The highest BCUT2D eigenvalue weighted by molar-refractivity contribution is 5.73. The van der Waals surface area contributed by atoms with Gasteiger partial charge in [-0.2, -0.15) is 0 Å². The largest absolute Gasteiger partial charge is 0.480 e. The Balaban J connectivity index is 0.00000137. The number of aryl methyl sites for hydroxylation is 2. The Bertz CT molecular complexity index is 380. The number of aliphatic carboxylic acids is 1. The van der Waals surface area contributed by atoms with Crippen molar-refractivity contribution in [2.45, 2.75) is 40.3 Å². The molecule has 0 amide bonds. The molecule has 0 bridgehead atoms. The molecule has 0 spiro atoms. The Morgan fingerprint density at radius 2 is 2.06 bits per heavy atom. The predicted molar refractivity (Wildman–Crippen MR) is 70.4 cm³/mol. The number of carboxylic acids is 1. The monoisotopic (exact) mass is 254 g/mol. The lowest BCUT2D eigenvalue weighted by molar-refractivity contribution is -0.140. The summed E-state index contributed by atoms with van der Waals surface area (Å²) in [6.45, 7) is 7.83. The van der Waals surface area contributed by atoms with Crippen LogP contribution < -0.4 is 5.32 Å². The molecular formula is C13H22N2O3. The van der Waals surface area contributed by atoms with Gasteiger partial charge in [-0.15, -0.1) is 0 Å². The van der Waals surface area contributed by atoms with Crippen molar-refractivity contribution in [3.05, 3.63) is 29.1 Å². The average Bonchev–Trinajstić information content (AvgIpc) is 2.36. The molecule has 0 radical (unpaired) electrons. The van der Waals surface area contributed by atoms with Crippen molar-refractivity contribution in [3.63, 3.8) is 0 Å². The molecule has 1 rings (SSSR count). The average molecular weight is 254 g/mol. The van der Waals surface area contributed by atoms with Crippen molar-refractivity contribution in [2.24, 2.45) is 0 Å². The van der Waals surface area contributed by atoms with E-state index in [9.17, 15) is 4.79 Å². The number of aliphatic hydroxyl groups excluding tert-OH is 1. The Morgan fingerprint density at radius 3 is 2.50 bits per heavy atom. The first-order valence-electron chi connectivity index (χ1n) is 6.03. The summed E-state index contributed by atoms with van der Waals surface area (Å²) in [5.74, 6) is -1.06. The van der Waals surface area contributed by atoms with Crippen LogP contribution in [0, 0.1) is 13.8 Å². The molecule has 1 heterocycles. The Labute approximate surface area is 108 Å². The van der Waals surface area contributed by atoms with Gasteiger partial charge in [0.1, 0.15) is 6.04 Å². The Hall–Kier alpha value is -1.46. The second-order valence-electron chi connectivity index (χ2n) is 3.70. The summed E-state index contributed by atoms with van der Waals surface area (Å²) in [6.07, 6.45) is 1.70. The van der Waals surface area contributed by atoms with E-state index in [0.717, 1.165) is 16.8 Å². The highest BCUT2D eigenvalue weighted by Crippen LogP contribution is 2.06. The van der Waals surface area contributed by atoms with Gasteiger partial charge in [0.2, 0.25) is 0 Å². The van der Waals surface area contributed by atoms with Crippen LogP contribution in [0.25, 0.3) is 0 Å². The van der Waals surface area contributed by atoms with Crippen LogP contribution in [0.1, 0.15) is 30.7 Å². The fourth-order valence-corrected chi connectivity index (χ4v) is 1.27. The summed E-state index contributed by atoms with van der Waals surface area (Å²) >= 11 is 0. The summed E-state index contributed by atoms with van der Waals surface area (Å²) in [7, 11) is 0. The maximum Gasteiger partial charge on any atom is 0.323 e. The molecule has 5 heteroatoms. The lowest BCUT2D eigenvalue weighted by Crippen LogP contribution is -2.39. The molecule has 0 aliphatic rings. The van der Waals surface area contributed by atoms with Gasteiger partial charge in [-0.1, -0.05) is 19.9 Å². The van der Waals surface area contributed by atoms with Gasteiger partial charge in [0, 0.05) is 18.4 Å². The van der Waals surface area contributed by atoms with Gasteiger partial charge in [0.15, 0.2) is 0 Å². The third-order valence-electron chi connectivity index (χ3n) is 2.43. The molecule has 1 atom stereocenters. The Kier molecular flexibility index (Phi) is 7.91. The summed E-state index contributed by atoms with van der Waals surface area (Å²) in [6, 6.07) is 1.02. The first kappa shape index (κ1) is 16.5. The Morgan fingerprint density at radius 1 is 1.44 bits per heavy atom. The zero-order chi connectivity index (χ0) is 14.1. The minimum atomic E-state index is -1.06. The van der Waals surface area contributed by atoms with Gasteiger partial charge in [0.25, 0.3) is 0 Å². The highest BCUT2D eigenvalue weighted by Gasteiger charge is 2.14. The molecule has 0 aliphatic carbocycles. The van der Waals surface area contributed by atoms with Gasteiger partial charge in [0.05, 0.1) is 6.61 Å². The molecule has 5 nitrogen and oxygen atoms in total. The highest BCUT2D eigenvalue weighted by atomic mass is 16.4. The van der Waals surface area contributed by atoms with Crippen molar-refractivity contribution in [1.82, 2.24) is 10.3 Å². The number of nitrogens with zero attached hydrogens (tertiary/aromatic N) is 1. The fourth-order valence-electron chi connectivity index (χ4n) is 1.27. The quantitative estimate of drug-likeness (QED) is 0.737. The van der Waals surface area contributed by atoms with Crippen LogP contribution in [0.3, 0.4) is 0 Å². The third-order valence-corrected chi connectivity index (χ3v) is 2.43. The predicted octanol–water partition coefficient (Wildman–Crippen LogP) is 1.26. The molecule has 1 aromatic heterocycles.